The van der Waals surface area contributed by atoms with Crippen molar-refractivity contribution in [3.63, 3.8) is 0 Å². The van der Waals surface area contributed by atoms with E-state index >= 15 is 8.78 Å². The first-order valence-corrected chi connectivity index (χ1v) is 15.8. The Labute approximate surface area is 240 Å². The highest BCUT2D eigenvalue weighted by Gasteiger charge is 2.39. The second kappa shape index (κ2) is 19.6. The normalized spacial score (nSPS) is 11.7. The van der Waals surface area contributed by atoms with Gasteiger partial charge in [0.25, 0.3) is 0 Å². The minimum absolute atomic E-state index is 0.308. The van der Waals surface area contributed by atoms with Crippen molar-refractivity contribution >= 4 is 6.29 Å². The summed E-state index contributed by atoms with van der Waals surface area (Å²) in [6, 6.07) is 6.62. The summed E-state index contributed by atoms with van der Waals surface area (Å²) in [5, 5.41) is 10.5. The second-order valence-electron chi connectivity index (χ2n) is 11.1. The van der Waals surface area contributed by atoms with Crippen molar-refractivity contribution in [3.8, 4) is 17.3 Å². The Kier molecular flexibility index (Phi) is 16.5. The van der Waals surface area contributed by atoms with Gasteiger partial charge in [-0.25, -0.2) is 4.98 Å². The van der Waals surface area contributed by atoms with Crippen LogP contribution in [0.25, 0.3) is 5.69 Å². The summed E-state index contributed by atoms with van der Waals surface area (Å²) < 4.78 is 37.2. The zero-order valence-electron chi connectivity index (χ0n) is 24.9. The first-order valence-electron chi connectivity index (χ1n) is 15.8. The van der Waals surface area contributed by atoms with Gasteiger partial charge in [-0.2, -0.15) is 8.78 Å². The Morgan fingerprint density at radius 2 is 1.25 bits per heavy atom. The van der Waals surface area contributed by atoms with E-state index in [-0.39, 0.29) is 12.1 Å². The highest BCUT2D eigenvalue weighted by molar-refractivity contribution is 5.76. The Morgan fingerprint density at radius 3 is 1.75 bits per heavy atom. The number of imidazole rings is 1. The standard InChI is InChI=1S/C33H52F2N2O3/c1-3-5-7-9-11-12-13-14-15-16-18-20-26-40-29-23-21-28(22-24-29)37-31(39)30(27-38)36-32(37)33(34,35)25-19-17-10-8-6-4-2/h21-24,27,39H,3-20,25-26H2,1-2H3. The number of carbonyl (C=O) groups excluding carboxylic acids is 1. The van der Waals surface area contributed by atoms with E-state index in [1.165, 1.54) is 64.2 Å². The maximum atomic E-state index is 15.2. The lowest BCUT2D eigenvalue weighted by Gasteiger charge is -2.18. The SMILES string of the molecule is CCCCCCCCCCCCCCOc1ccc(-n2c(C(F)(F)CCCCCCCC)nc(C=O)c2O)cc1. The van der Waals surface area contributed by atoms with Crippen LogP contribution in [0.3, 0.4) is 0 Å². The summed E-state index contributed by atoms with van der Waals surface area (Å²) in [5.41, 5.74) is -0.0710. The van der Waals surface area contributed by atoms with Crippen LogP contribution < -0.4 is 4.74 Å². The number of ether oxygens (including phenoxy) is 1. The molecule has 5 nitrogen and oxygen atoms in total. The van der Waals surface area contributed by atoms with Crippen LogP contribution >= 0.6 is 0 Å². The predicted octanol–water partition coefficient (Wildman–Crippen LogP) is 10.3. The van der Waals surface area contributed by atoms with Gasteiger partial charge in [-0.15, -0.1) is 0 Å². The van der Waals surface area contributed by atoms with Gasteiger partial charge in [-0.3, -0.25) is 9.36 Å². The fourth-order valence-electron chi connectivity index (χ4n) is 5.06. The van der Waals surface area contributed by atoms with Crippen LogP contribution in [0.1, 0.15) is 152 Å². The molecule has 0 bridgehead atoms. The van der Waals surface area contributed by atoms with Crippen LogP contribution in [-0.2, 0) is 5.92 Å². The van der Waals surface area contributed by atoms with Crippen molar-refractivity contribution in [2.75, 3.05) is 6.61 Å². The van der Waals surface area contributed by atoms with Gasteiger partial charge >= 0.3 is 5.92 Å². The summed E-state index contributed by atoms with van der Waals surface area (Å²) in [5.74, 6) is -3.81. The van der Waals surface area contributed by atoms with E-state index in [2.05, 4.69) is 18.8 Å². The molecule has 0 aliphatic heterocycles. The van der Waals surface area contributed by atoms with Crippen molar-refractivity contribution in [2.24, 2.45) is 0 Å². The van der Waals surface area contributed by atoms with Gasteiger partial charge in [0.05, 0.1) is 12.3 Å². The number of halogens is 2. The smallest absolute Gasteiger partial charge is 0.305 e. The van der Waals surface area contributed by atoms with Crippen molar-refractivity contribution in [1.82, 2.24) is 9.55 Å². The molecule has 0 atom stereocenters. The number of nitrogens with zero attached hydrogens (tertiary/aromatic N) is 2. The second-order valence-corrected chi connectivity index (χ2v) is 11.1. The molecule has 2 rings (SSSR count). The van der Waals surface area contributed by atoms with Crippen LogP contribution in [0, 0.1) is 0 Å². The molecule has 0 fully saturated rings. The van der Waals surface area contributed by atoms with Crippen LogP contribution in [0.5, 0.6) is 11.6 Å². The number of aromatic hydroxyl groups is 1. The van der Waals surface area contributed by atoms with Gasteiger partial charge in [0.2, 0.25) is 5.88 Å². The number of carbonyl (C=O) groups is 1. The zero-order chi connectivity index (χ0) is 29.1. The van der Waals surface area contributed by atoms with E-state index in [4.69, 9.17) is 4.74 Å². The molecule has 0 saturated carbocycles. The van der Waals surface area contributed by atoms with Gasteiger partial charge in [0.1, 0.15) is 5.75 Å². The highest BCUT2D eigenvalue weighted by atomic mass is 19.3. The van der Waals surface area contributed by atoms with E-state index in [1.54, 1.807) is 24.3 Å². The number of unbranched alkanes of at least 4 members (excludes halogenated alkanes) is 16. The molecule has 40 heavy (non-hydrogen) atoms. The maximum Gasteiger partial charge on any atom is 0.305 e. The third-order valence-electron chi connectivity index (χ3n) is 7.52. The number of hydrogen-bond acceptors (Lipinski definition) is 4. The van der Waals surface area contributed by atoms with Crippen LogP contribution in [-0.4, -0.2) is 27.6 Å². The molecule has 1 aromatic heterocycles. The molecule has 7 heteroatoms. The Balaban J connectivity index is 1.79. The molecule has 0 spiro atoms. The summed E-state index contributed by atoms with van der Waals surface area (Å²) >= 11 is 0. The molecule has 226 valence electrons. The van der Waals surface area contributed by atoms with Crippen molar-refractivity contribution < 1.29 is 23.4 Å². The fourth-order valence-corrected chi connectivity index (χ4v) is 5.06. The summed E-state index contributed by atoms with van der Waals surface area (Å²) in [6.45, 7) is 4.97. The molecule has 1 aromatic carbocycles. The maximum absolute atomic E-state index is 15.2. The Bertz CT molecular complexity index is 944. The van der Waals surface area contributed by atoms with Gasteiger partial charge < -0.3 is 9.84 Å². The first kappa shape index (κ1) is 33.8. The van der Waals surface area contributed by atoms with Crippen LogP contribution in [0.15, 0.2) is 24.3 Å². The third-order valence-corrected chi connectivity index (χ3v) is 7.52. The van der Waals surface area contributed by atoms with Gasteiger partial charge in [0.15, 0.2) is 17.8 Å². The molecule has 1 heterocycles. The number of hydrogen-bond donors (Lipinski definition) is 1. The van der Waals surface area contributed by atoms with E-state index in [9.17, 15) is 9.90 Å². The number of aldehydes is 1. The topological polar surface area (TPSA) is 64.4 Å². The average molecular weight is 563 g/mol. The van der Waals surface area contributed by atoms with Gasteiger partial charge in [-0.05, 0) is 37.1 Å². The summed E-state index contributed by atoms with van der Waals surface area (Å²) in [6.07, 6.45) is 20.5. The van der Waals surface area contributed by atoms with E-state index in [0.29, 0.717) is 37.2 Å². The van der Waals surface area contributed by atoms with E-state index < -0.39 is 17.6 Å². The molecular weight excluding hydrogens is 510 g/mol. The summed E-state index contributed by atoms with van der Waals surface area (Å²) in [4.78, 5) is 15.2. The lowest BCUT2D eigenvalue weighted by atomic mass is 10.1. The minimum atomic E-state index is -3.27. The van der Waals surface area contributed by atoms with Crippen molar-refractivity contribution in [2.45, 2.75) is 142 Å². The number of rotatable bonds is 24. The van der Waals surface area contributed by atoms with Crippen LogP contribution in [0.2, 0.25) is 0 Å². The van der Waals surface area contributed by atoms with Crippen LogP contribution in [0.4, 0.5) is 8.78 Å². The van der Waals surface area contributed by atoms with Gasteiger partial charge in [0, 0.05) is 6.42 Å². The van der Waals surface area contributed by atoms with E-state index in [1.807, 2.05) is 0 Å². The largest absolute Gasteiger partial charge is 0.494 e. The highest BCUT2D eigenvalue weighted by Crippen LogP contribution is 2.38. The molecule has 0 saturated heterocycles. The molecule has 0 aliphatic rings. The first-order chi connectivity index (χ1) is 19.4. The molecule has 2 aromatic rings. The van der Waals surface area contributed by atoms with Crippen molar-refractivity contribution in [3.05, 3.63) is 35.8 Å². The Morgan fingerprint density at radius 1 is 0.775 bits per heavy atom. The number of aromatic nitrogens is 2. The van der Waals surface area contributed by atoms with E-state index in [0.717, 1.165) is 43.1 Å². The molecule has 0 radical (unpaired) electrons. The Hall–Kier alpha value is -2.44. The third kappa shape index (κ3) is 12.0. The fraction of sp³-hybridized carbons (Fsp3) is 0.697. The zero-order valence-corrected chi connectivity index (χ0v) is 24.9. The molecule has 0 aliphatic carbocycles. The number of alkyl halides is 2. The lowest BCUT2D eigenvalue weighted by molar-refractivity contribution is -0.0265. The number of benzene rings is 1. The molecule has 0 unspecified atom stereocenters. The average Bonchev–Trinajstić information content (AvgIpc) is 3.30. The molecule has 1 N–H and O–H groups in total. The predicted molar refractivity (Wildman–Crippen MR) is 159 cm³/mol. The summed E-state index contributed by atoms with van der Waals surface area (Å²) in [7, 11) is 0. The lowest BCUT2D eigenvalue weighted by Crippen LogP contribution is -2.19. The monoisotopic (exact) mass is 562 g/mol. The van der Waals surface area contributed by atoms with Gasteiger partial charge in [-0.1, -0.05) is 117 Å². The quantitative estimate of drug-likeness (QED) is 0.102. The molecular formula is C33H52F2N2O3. The minimum Gasteiger partial charge on any atom is -0.494 e. The van der Waals surface area contributed by atoms with Crippen molar-refractivity contribution in [1.29, 1.82) is 0 Å². The molecule has 0 amide bonds.